The van der Waals surface area contributed by atoms with Gasteiger partial charge in [-0.05, 0) is 114 Å². The van der Waals surface area contributed by atoms with E-state index in [-0.39, 0.29) is 0 Å². The molecule has 3 aromatic rings. The van der Waals surface area contributed by atoms with E-state index in [0.29, 0.717) is 35.5 Å². The minimum absolute atomic E-state index is 0.390. The van der Waals surface area contributed by atoms with Gasteiger partial charge in [0.25, 0.3) is 0 Å². The number of allylic oxidation sites excluding steroid dienone is 5. The van der Waals surface area contributed by atoms with Gasteiger partial charge in [-0.25, -0.2) is 0 Å². The Bertz CT molecular complexity index is 1450. The first-order valence-corrected chi connectivity index (χ1v) is 16.2. The van der Waals surface area contributed by atoms with E-state index in [4.69, 9.17) is 13.0 Å². The Hall–Kier alpha value is -3.56. The Morgan fingerprint density at radius 3 is 2.14 bits per heavy atom. The van der Waals surface area contributed by atoms with Crippen LogP contribution in [0.4, 0.5) is 0 Å². The van der Waals surface area contributed by atoms with Gasteiger partial charge in [-0.15, -0.1) is 6.42 Å². The lowest BCUT2D eigenvalue weighted by Gasteiger charge is -2.39. The van der Waals surface area contributed by atoms with Crippen molar-refractivity contribution in [3.8, 4) is 12.3 Å². The van der Waals surface area contributed by atoms with Gasteiger partial charge in [0.1, 0.15) is 0 Å². The number of benzene rings is 3. The van der Waals surface area contributed by atoms with E-state index in [0.717, 1.165) is 18.4 Å². The van der Waals surface area contributed by atoms with Crippen LogP contribution in [0.5, 0.6) is 0 Å². The molecule has 0 N–H and O–H groups in total. The summed E-state index contributed by atoms with van der Waals surface area (Å²) < 4.78 is 0. The first-order chi connectivity index (χ1) is 20.4. The number of rotatable bonds is 10. The first kappa shape index (κ1) is 29.9. The predicted molar refractivity (Wildman–Crippen MR) is 182 cm³/mol. The van der Waals surface area contributed by atoms with Crippen molar-refractivity contribution in [1.82, 2.24) is 0 Å². The third kappa shape index (κ3) is 6.90. The molecule has 0 heteroatoms. The Labute approximate surface area is 255 Å². The Morgan fingerprint density at radius 1 is 0.881 bits per heavy atom. The summed E-state index contributed by atoms with van der Waals surface area (Å²) >= 11 is 0. The zero-order valence-electron chi connectivity index (χ0n) is 26.2. The van der Waals surface area contributed by atoms with E-state index in [1.54, 1.807) is 0 Å². The highest BCUT2D eigenvalue weighted by Gasteiger charge is 2.33. The van der Waals surface area contributed by atoms with Gasteiger partial charge in [0.15, 0.2) is 0 Å². The molecule has 0 nitrogen and oxygen atoms in total. The van der Waals surface area contributed by atoms with Crippen molar-refractivity contribution < 1.29 is 0 Å². The zero-order chi connectivity index (χ0) is 29.6. The normalized spacial score (nSPS) is 22.2. The summed E-state index contributed by atoms with van der Waals surface area (Å²) in [6, 6.07) is 27.3. The topological polar surface area (TPSA) is 0 Å². The molecule has 42 heavy (non-hydrogen) atoms. The molecule has 0 aliphatic heterocycles. The zero-order valence-corrected chi connectivity index (χ0v) is 26.2. The smallest absolute Gasteiger partial charge is 0.0242 e. The summed E-state index contributed by atoms with van der Waals surface area (Å²) in [5.74, 6) is 5.99. The average molecular weight is 553 g/mol. The van der Waals surface area contributed by atoms with Crippen LogP contribution in [-0.2, 0) is 12.8 Å². The molecule has 0 saturated heterocycles. The molecular formula is C42H48. The van der Waals surface area contributed by atoms with Crippen LogP contribution < -0.4 is 0 Å². The van der Waals surface area contributed by atoms with Crippen LogP contribution in [0.25, 0.3) is 5.57 Å². The van der Waals surface area contributed by atoms with Crippen LogP contribution in [0.1, 0.15) is 98.6 Å². The van der Waals surface area contributed by atoms with Crippen molar-refractivity contribution in [3.63, 3.8) is 0 Å². The molecule has 0 bridgehead atoms. The molecule has 0 amide bonds. The van der Waals surface area contributed by atoms with E-state index in [1.165, 1.54) is 64.6 Å². The number of hydrogen-bond acceptors (Lipinski definition) is 0. The van der Waals surface area contributed by atoms with Crippen LogP contribution in [0.2, 0.25) is 0 Å². The molecule has 0 radical (unpaired) electrons. The van der Waals surface area contributed by atoms with E-state index >= 15 is 0 Å². The van der Waals surface area contributed by atoms with Crippen LogP contribution in [0.3, 0.4) is 0 Å². The minimum atomic E-state index is 0.390. The lowest BCUT2D eigenvalue weighted by atomic mass is 9.66. The predicted octanol–water partition coefficient (Wildman–Crippen LogP) is 10.9. The maximum atomic E-state index is 5.59. The molecule has 0 aromatic heterocycles. The van der Waals surface area contributed by atoms with E-state index < -0.39 is 0 Å². The second-order valence-corrected chi connectivity index (χ2v) is 13.0. The van der Waals surface area contributed by atoms with Gasteiger partial charge >= 0.3 is 0 Å². The summed E-state index contributed by atoms with van der Waals surface area (Å²) in [5.41, 5.74) is 10.7. The summed E-state index contributed by atoms with van der Waals surface area (Å²) in [6.45, 7) is 14.1. The molecule has 4 unspecified atom stereocenters. The number of hydrogen-bond donors (Lipinski definition) is 0. The van der Waals surface area contributed by atoms with Crippen LogP contribution in [-0.4, -0.2) is 0 Å². The summed E-state index contributed by atoms with van der Waals surface area (Å²) in [7, 11) is 0. The maximum Gasteiger partial charge on any atom is 0.0242 e. The summed E-state index contributed by atoms with van der Waals surface area (Å²) in [4.78, 5) is 0. The molecule has 1 fully saturated rings. The molecule has 0 spiro atoms. The fourth-order valence-electron chi connectivity index (χ4n) is 7.42. The van der Waals surface area contributed by atoms with Crippen molar-refractivity contribution >= 4 is 5.57 Å². The highest BCUT2D eigenvalue weighted by molar-refractivity contribution is 5.76. The minimum Gasteiger partial charge on any atom is -0.115 e. The van der Waals surface area contributed by atoms with Crippen molar-refractivity contribution in [2.24, 2.45) is 23.7 Å². The van der Waals surface area contributed by atoms with Gasteiger partial charge in [-0.2, -0.15) is 0 Å². The number of aryl methyl sites for hydroxylation is 1. The molecule has 0 heterocycles. The average Bonchev–Trinajstić information content (AvgIpc) is 3.47. The van der Waals surface area contributed by atoms with Crippen LogP contribution in [0, 0.1) is 36.0 Å². The quantitative estimate of drug-likeness (QED) is 0.173. The van der Waals surface area contributed by atoms with Gasteiger partial charge in [0.2, 0.25) is 0 Å². The van der Waals surface area contributed by atoms with E-state index in [9.17, 15) is 0 Å². The van der Waals surface area contributed by atoms with Crippen molar-refractivity contribution in [3.05, 3.63) is 137 Å². The summed E-state index contributed by atoms with van der Waals surface area (Å²) in [6.07, 6.45) is 19.7. The Kier molecular flexibility index (Phi) is 9.69. The highest BCUT2D eigenvalue weighted by atomic mass is 14.4. The molecule has 1 saturated carbocycles. The van der Waals surface area contributed by atoms with Gasteiger partial charge in [-0.1, -0.05) is 125 Å². The van der Waals surface area contributed by atoms with Crippen LogP contribution in [0.15, 0.2) is 103 Å². The molecule has 5 rings (SSSR count). The summed E-state index contributed by atoms with van der Waals surface area (Å²) in [5, 5.41) is 0. The molecule has 3 aromatic carbocycles. The molecule has 216 valence electrons. The molecule has 2 aliphatic rings. The lowest BCUT2D eigenvalue weighted by Crippen LogP contribution is -2.26. The highest BCUT2D eigenvalue weighted by Crippen LogP contribution is 2.47. The fraction of sp³-hybridized carbons (Fsp3) is 0.381. The molecule has 2 aliphatic carbocycles. The first-order valence-electron chi connectivity index (χ1n) is 16.2. The third-order valence-electron chi connectivity index (χ3n) is 10.2. The van der Waals surface area contributed by atoms with Gasteiger partial charge in [0, 0.05) is 11.5 Å². The standard InChI is InChI=1S/C42H48/c1-7-33-13-16-36(17-14-33)32(6)37-18-22-39(23-19-37)42(31(5)30(4)27-35-11-9-10-34(8-2)28-35)40-24-20-38(21-25-40)41-15-12-29(3)26-41/h1,9-17,20-21,24-26,28-30,32,37,39,42H,5,8,18-19,22-23,27H2,2-4,6H3. The lowest BCUT2D eigenvalue weighted by molar-refractivity contribution is 0.228. The van der Waals surface area contributed by atoms with Crippen molar-refractivity contribution in [1.29, 1.82) is 0 Å². The van der Waals surface area contributed by atoms with Gasteiger partial charge < -0.3 is 0 Å². The van der Waals surface area contributed by atoms with Gasteiger partial charge in [-0.3, -0.25) is 0 Å². The van der Waals surface area contributed by atoms with Gasteiger partial charge in [0.05, 0.1) is 0 Å². The van der Waals surface area contributed by atoms with E-state index in [1.807, 2.05) is 0 Å². The Morgan fingerprint density at radius 2 is 1.52 bits per heavy atom. The Balaban J connectivity index is 1.35. The van der Waals surface area contributed by atoms with Crippen molar-refractivity contribution in [2.75, 3.05) is 0 Å². The maximum absolute atomic E-state index is 5.59. The number of terminal acetylenes is 1. The van der Waals surface area contributed by atoms with Crippen LogP contribution >= 0.6 is 0 Å². The monoisotopic (exact) mass is 552 g/mol. The van der Waals surface area contributed by atoms with Crippen molar-refractivity contribution in [2.45, 2.75) is 78.1 Å². The third-order valence-corrected chi connectivity index (χ3v) is 10.2. The second-order valence-electron chi connectivity index (χ2n) is 13.0. The molecular weight excluding hydrogens is 504 g/mol. The van der Waals surface area contributed by atoms with E-state index in [2.05, 4.69) is 125 Å². The SMILES string of the molecule is C#Cc1ccc(C(C)C2CCC(C(C(=C)C(C)Cc3cccc(CC)c3)c3ccc(C4=CC(C)C=C4)cc3)CC2)cc1. The fourth-order valence-corrected chi connectivity index (χ4v) is 7.42. The largest absolute Gasteiger partial charge is 0.115 e. The second kappa shape index (κ2) is 13.6. The molecule has 4 atom stereocenters.